The van der Waals surface area contributed by atoms with Crippen LogP contribution in [0.5, 0.6) is 17.2 Å². The molecule has 0 saturated heterocycles. The first kappa shape index (κ1) is 20.8. The predicted octanol–water partition coefficient (Wildman–Crippen LogP) is 1.77. The third-order valence-corrected chi connectivity index (χ3v) is 4.95. The van der Waals surface area contributed by atoms with Crippen LogP contribution in [0.25, 0.3) is 0 Å². The number of carboxylic acids is 1. The lowest BCUT2D eigenvalue weighted by Gasteiger charge is -2.24. The van der Waals surface area contributed by atoms with Gasteiger partial charge in [-0.2, -0.15) is 0 Å². The lowest BCUT2D eigenvalue weighted by atomic mass is 9.81. The first-order chi connectivity index (χ1) is 14.0. The number of ketones is 2. The van der Waals surface area contributed by atoms with Crippen molar-refractivity contribution in [2.75, 3.05) is 0 Å². The number of aliphatic carboxylic acids is 1. The van der Waals surface area contributed by atoms with Gasteiger partial charge in [0.2, 0.25) is 6.10 Å². The average Bonchev–Trinajstić information content (AvgIpc) is 2.66. The predicted molar refractivity (Wildman–Crippen MR) is 101 cm³/mol. The van der Waals surface area contributed by atoms with E-state index in [0.29, 0.717) is 0 Å². The molecule has 0 saturated carbocycles. The maximum atomic E-state index is 12.9. The Morgan fingerprint density at radius 2 is 1.63 bits per heavy atom. The van der Waals surface area contributed by atoms with Crippen LogP contribution in [-0.4, -0.2) is 50.0 Å². The molecular weight excluding hydrogens is 396 g/mol. The van der Waals surface area contributed by atoms with Crippen molar-refractivity contribution in [1.82, 2.24) is 0 Å². The summed E-state index contributed by atoms with van der Waals surface area (Å²) in [7, 11) is 0. The second-order valence-electron chi connectivity index (χ2n) is 7.05. The highest BCUT2D eigenvalue weighted by atomic mass is 16.6. The van der Waals surface area contributed by atoms with Crippen molar-refractivity contribution in [2.24, 2.45) is 5.92 Å². The molecule has 0 heterocycles. The van der Waals surface area contributed by atoms with E-state index in [1.807, 2.05) is 0 Å². The third kappa shape index (κ3) is 3.34. The van der Waals surface area contributed by atoms with Gasteiger partial charge >= 0.3 is 11.9 Å². The molecule has 9 nitrogen and oxygen atoms in total. The second-order valence-corrected chi connectivity index (χ2v) is 7.05. The number of benzene rings is 2. The number of phenolic OH excluding ortho intramolecular Hbond substituents is 3. The average molecular weight is 414 g/mol. The quantitative estimate of drug-likeness (QED) is 0.456. The molecule has 0 bridgehead atoms. The zero-order valence-corrected chi connectivity index (χ0v) is 16.0. The number of fused-ring (bicyclic) bond motifs is 2. The van der Waals surface area contributed by atoms with Crippen LogP contribution in [0.15, 0.2) is 24.3 Å². The second kappa shape index (κ2) is 7.51. The lowest BCUT2D eigenvalue weighted by molar-refractivity contribution is -0.166. The van der Waals surface area contributed by atoms with E-state index in [4.69, 9.17) is 4.74 Å². The standard InChI is InChI=1S/C21H18O9/c1-8(20(21(28)29)30-9(2)22)6-11-14(24)7-12-16(18(11)26)17(25)10-4-3-5-13(23)15(10)19(12)27/h3-5,7-8,20,23-24,26H,6H2,1-2H3,(H,28,29). The van der Waals surface area contributed by atoms with E-state index in [-0.39, 0.29) is 34.2 Å². The van der Waals surface area contributed by atoms with Gasteiger partial charge in [-0.1, -0.05) is 19.1 Å². The van der Waals surface area contributed by atoms with Crippen LogP contribution in [0, 0.1) is 5.92 Å². The van der Waals surface area contributed by atoms with Gasteiger partial charge in [-0.3, -0.25) is 14.4 Å². The molecular formula is C21H18O9. The van der Waals surface area contributed by atoms with Crippen molar-refractivity contribution < 1.29 is 44.3 Å². The van der Waals surface area contributed by atoms with E-state index in [0.717, 1.165) is 13.0 Å². The Morgan fingerprint density at radius 1 is 1.00 bits per heavy atom. The first-order valence-electron chi connectivity index (χ1n) is 8.93. The molecule has 0 spiro atoms. The van der Waals surface area contributed by atoms with Crippen LogP contribution < -0.4 is 0 Å². The van der Waals surface area contributed by atoms with E-state index in [9.17, 15) is 39.6 Å². The minimum atomic E-state index is -1.55. The molecule has 1 aliphatic rings. The molecule has 0 aromatic heterocycles. The van der Waals surface area contributed by atoms with E-state index in [1.54, 1.807) is 0 Å². The first-order valence-corrected chi connectivity index (χ1v) is 8.93. The number of hydrogen-bond donors (Lipinski definition) is 4. The summed E-state index contributed by atoms with van der Waals surface area (Å²) < 4.78 is 4.79. The number of hydrogen-bond acceptors (Lipinski definition) is 8. The number of carbonyl (C=O) groups excluding carboxylic acids is 3. The van der Waals surface area contributed by atoms with Crippen molar-refractivity contribution in [3.05, 3.63) is 52.1 Å². The number of phenols is 3. The van der Waals surface area contributed by atoms with Crippen molar-refractivity contribution in [3.8, 4) is 17.2 Å². The highest BCUT2D eigenvalue weighted by Crippen LogP contribution is 2.42. The Balaban J connectivity index is 2.08. The molecule has 156 valence electrons. The van der Waals surface area contributed by atoms with Crippen LogP contribution in [0.1, 0.15) is 51.3 Å². The van der Waals surface area contributed by atoms with Crippen molar-refractivity contribution in [3.63, 3.8) is 0 Å². The van der Waals surface area contributed by atoms with Crippen LogP contribution in [-0.2, 0) is 20.7 Å². The van der Waals surface area contributed by atoms with E-state index >= 15 is 0 Å². The summed E-state index contributed by atoms with van der Waals surface area (Å²) in [5.41, 5.74) is -1.12. The lowest BCUT2D eigenvalue weighted by Crippen LogP contribution is -2.33. The zero-order chi connectivity index (χ0) is 22.3. The summed E-state index contributed by atoms with van der Waals surface area (Å²) in [5.74, 6) is -6.19. The molecule has 3 rings (SSSR count). The number of esters is 1. The van der Waals surface area contributed by atoms with Crippen molar-refractivity contribution in [1.29, 1.82) is 0 Å². The van der Waals surface area contributed by atoms with Crippen LogP contribution in [0.2, 0.25) is 0 Å². The topological polar surface area (TPSA) is 158 Å². The molecule has 4 N–H and O–H groups in total. The van der Waals surface area contributed by atoms with Gasteiger partial charge in [0.25, 0.3) is 0 Å². The van der Waals surface area contributed by atoms with Gasteiger partial charge in [0, 0.05) is 29.5 Å². The maximum absolute atomic E-state index is 12.9. The van der Waals surface area contributed by atoms with Gasteiger partial charge in [-0.05, 0) is 18.6 Å². The van der Waals surface area contributed by atoms with Gasteiger partial charge in [0.05, 0.1) is 11.1 Å². The molecule has 0 radical (unpaired) electrons. The molecule has 30 heavy (non-hydrogen) atoms. The summed E-state index contributed by atoms with van der Waals surface area (Å²) in [6.07, 6.45) is -1.81. The van der Waals surface area contributed by atoms with E-state index in [1.165, 1.54) is 25.1 Å². The Hall–Kier alpha value is -3.88. The fraction of sp³-hybridized carbons (Fsp3) is 0.238. The molecule has 0 fully saturated rings. The third-order valence-electron chi connectivity index (χ3n) is 4.95. The number of rotatable bonds is 5. The molecule has 2 unspecified atom stereocenters. The Morgan fingerprint density at radius 3 is 2.23 bits per heavy atom. The summed E-state index contributed by atoms with van der Waals surface area (Å²) in [5, 5.41) is 40.3. The number of aromatic hydroxyl groups is 3. The summed E-state index contributed by atoms with van der Waals surface area (Å²) in [6, 6.07) is 4.94. The zero-order valence-electron chi connectivity index (χ0n) is 16.0. The molecule has 0 amide bonds. The summed E-state index contributed by atoms with van der Waals surface area (Å²) in [6.45, 7) is 2.48. The normalized spacial score (nSPS) is 14.5. The smallest absolute Gasteiger partial charge is 0.345 e. The molecule has 2 atom stereocenters. The molecule has 2 aromatic rings. The Kier molecular flexibility index (Phi) is 5.22. The molecule has 1 aliphatic carbocycles. The SMILES string of the molecule is CC(=O)OC(C(=O)O)C(C)Cc1c(O)cc2c(c1O)C(=O)c1cccc(O)c1C2=O. The molecule has 0 aliphatic heterocycles. The van der Waals surface area contributed by atoms with Gasteiger partial charge in [-0.15, -0.1) is 0 Å². The highest BCUT2D eigenvalue weighted by Gasteiger charge is 2.37. The monoisotopic (exact) mass is 414 g/mol. The minimum Gasteiger partial charge on any atom is -0.508 e. The van der Waals surface area contributed by atoms with Gasteiger partial charge in [0.15, 0.2) is 11.6 Å². The Labute approximate surface area is 170 Å². The summed E-state index contributed by atoms with van der Waals surface area (Å²) in [4.78, 5) is 48.2. The van der Waals surface area contributed by atoms with E-state index < -0.39 is 52.8 Å². The summed E-state index contributed by atoms with van der Waals surface area (Å²) >= 11 is 0. The largest absolute Gasteiger partial charge is 0.508 e. The molecule has 2 aromatic carbocycles. The van der Waals surface area contributed by atoms with Gasteiger partial charge in [0.1, 0.15) is 17.2 Å². The number of ether oxygens (including phenoxy) is 1. The molecule has 9 heteroatoms. The van der Waals surface area contributed by atoms with Gasteiger partial charge in [-0.25, -0.2) is 4.79 Å². The van der Waals surface area contributed by atoms with Crippen molar-refractivity contribution >= 4 is 23.5 Å². The van der Waals surface area contributed by atoms with Crippen LogP contribution in [0.4, 0.5) is 0 Å². The fourth-order valence-electron chi connectivity index (χ4n) is 3.56. The minimum absolute atomic E-state index is 0.101. The highest BCUT2D eigenvalue weighted by molar-refractivity contribution is 6.30. The fourth-order valence-corrected chi connectivity index (χ4v) is 3.56. The van der Waals surface area contributed by atoms with Crippen molar-refractivity contribution in [2.45, 2.75) is 26.4 Å². The number of carbonyl (C=O) groups is 4. The Bertz CT molecular complexity index is 1100. The van der Waals surface area contributed by atoms with E-state index in [2.05, 4.69) is 0 Å². The van der Waals surface area contributed by atoms with Gasteiger partial charge < -0.3 is 25.2 Å². The van der Waals surface area contributed by atoms with Crippen LogP contribution in [0.3, 0.4) is 0 Å². The maximum Gasteiger partial charge on any atom is 0.345 e. The van der Waals surface area contributed by atoms with Crippen LogP contribution >= 0.6 is 0 Å². The number of carboxylic acid groups (broad SMARTS) is 1.